The standard InChI is InChI=1S/C22H29N3O3/c1-14(21(27)25-18-10-8-17(9-11-18)24-15(2)26)23-19-13-16(22(3,4)5)7-12-20(19)28-6/h7-14,23H,1-6H3,(H,24,26)(H,25,27)/t14-/m0/s1. The first-order valence-corrected chi connectivity index (χ1v) is 9.23. The molecule has 2 amide bonds. The number of anilines is 3. The largest absolute Gasteiger partial charge is 0.495 e. The van der Waals surface area contributed by atoms with Gasteiger partial charge in [0.2, 0.25) is 11.8 Å². The number of hydrogen-bond acceptors (Lipinski definition) is 4. The molecule has 0 radical (unpaired) electrons. The van der Waals surface area contributed by atoms with Crippen molar-refractivity contribution in [3.63, 3.8) is 0 Å². The van der Waals surface area contributed by atoms with E-state index >= 15 is 0 Å². The minimum absolute atomic E-state index is 0.0101. The molecule has 150 valence electrons. The van der Waals surface area contributed by atoms with Crippen molar-refractivity contribution in [1.82, 2.24) is 0 Å². The summed E-state index contributed by atoms with van der Waals surface area (Å²) in [4.78, 5) is 23.7. The van der Waals surface area contributed by atoms with Gasteiger partial charge in [0.05, 0.1) is 12.8 Å². The lowest BCUT2D eigenvalue weighted by Gasteiger charge is -2.23. The first-order valence-electron chi connectivity index (χ1n) is 9.23. The van der Waals surface area contributed by atoms with E-state index in [1.807, 2.05) is 18.2 Å². The van der Waals surface area contributed by atoms with E-state index in [4.69, 9.17) is 4.74 Å². The van der Waals surface area contributed by atoms with Crippen LogP contribution in [0, 0.1) is 0 Å². The second-order valence-electron chi connectivity index (χ2n) is 7.78. The Labute approximate surface area is 166 Å². The third-order valence-electron chi connectivity index (χ3n) is 4.30. The molecule has 0 bridgehead atoms. The van der Waals surface area contributed by atoms with E-state index in [-0.39, 0.29) is 17.2 Å². The normalized spacial score (nSPS) is 12.1. The first kappa shape index (κ1) is 21.3. The first-order chi connectivity index (χ1) is 13.1. The molecule has 0 aliphatic heterocycles. The molecule has 2 aromatic carbocycles. The zero-order chi connectivity index (χ0) is 20.9. The van der Waals surface area contributed by atoms with Gasteiger partial charge in [0, 0.05) is 18.3 Å². The fourth-order valence-electron chi connectivity index (χ4n) is 2.68. The molecule has 2 aromatic rings. The Kier molecular flexibility index (Phi) is 6.67. The molecule has 28 heavy (non-hydrogen) atoms. The predicted octanol–water partition coefficient (Wildman–Crippen LogP) is 4.39. The monoisotopic (exact) mass is 383 g/mol. The van der Waals surface area contributed by atoms with Crippen LogP contribution in [0.1, 0.15) is 40.2 Å². The molecule has 3 N–H and O–H groups in total. The highest BCUT2D eigenvalue weighted by atomic mass is 16.5. The van der Waals surface area contributed by atoms with Crippen LogP contribution in [0.5, 0.6) is 5.75 Å². The summed E-state index contributed by atoms with van der Waals surface area (Å²) in [5.41, 5.74) is 3.25. The van der Waals surface area contributed by atoms with Gasteiger partial charge < -0.3 is 20.7 Å². The third-order valence-corrected chi connectivity index (χ3v) is 4.30. The fourth-order valence-corrected chi connectivity index (χ4v) is 2.68. The number of carbonyl (C=O) groups is 2. The molecule has 0 aliphatic carbocycles. The third kappa shape index (κ3) is 5.74. The average molecular weight is 383 g/mol. The van der Waals surface area contributed by atoms with Crippen LogP contribution in [-0.2, 0) is 15.0 Å². The number of methoxy groups -OCH3 is 1. The molecule has 6 nitrogen and oxygen atoms in total. The summed E-state index contributed by atoms with van der Waals surface area (Å²) in [6.07, 6.45) is 0. The van der Waals surface area contributed by atoms with Gasteiger partial charge in [-0.15, -0.1) is 0 Å². The average Bonchev–Trinajstić information content (AvgIpc) is 2.62. The Morgan fingerprint density at radius 1 is 0.964 bits per heavy atom. The van der Waals surface area contributed by atoms with Crippen LogP contribution in [-0.4, -0.2) is 25.0 Å². The Morgan fingerprint density at radius 2 is 1.54 bits per heavy atom. The number of benzene rings is 2. The van der Waals surface area contributed by atoms with E-state index in [1.54, 1.807) is 38.3 Å². The molecule has 0 saturated heterocycles. The van der Waals surface area contributed by atoms with Crippen LogP contribution in [0.15, 0.2) is 42.5 Å². The van der Waals surface area contributed by atoms with E-state index in [2.05, 4.69) is 36.7 Å². The van der Waals surface area contributed by atoms with Crippen LogP contribution < -0.4 is 20.7 Å². The van der Waals surface area contributed by atoms with Gasteiger partial charge in [-0.3, -0.25) is 9.59 Å². The molecule has 0 heterocycles. The van der Waals surface area contributed by atoms with E-state index in [0.29, 0.717) is 17.1 Å². The van der Waals surface area contributed by atoms with Gasteiger partial charge in [-0.2, -0.15) is 0 Å². The number of ether oxygens (including phenoxy) is 1. The van der Waals surface area contributed by atoms with E-state index in [0.717, 1.165) is 11.3 Å². The number of carbonyl (C=O) groups excluding carboxylic acids is 2. The molecule has 6 heteroatoms. The zero-order valence-corrected chi connectivity index (χ0v) is 17.3. The van der Waals surface area contributed by atoms with Gasteiger partial charge in [0.15, 0.2) is 0 Å². The van der Waals surface area contributed by atoms with Gasteiger partial charge in [-0.05, 0) is 54.3 Å². The van der Waals surface area contributed by atoms with Crippen molar-refractivity contribution in [2.75, 3.05) is 23.1 Å². The minimum atomic E-state index is -0.473. The number of nitrogens with one attached hydrogen (secondary N) is 3. The molecule has 1 atom stereocenters. The van der Waals surface area contributed by atoms with Crippen molar-refractivity contribution in [3.8, 4) is 5.75 Å². The maximum absolute atomic E-state index is 12.6. The molecule has 0 unspecified atom stereocenters. The second-order valence-corrected chi connectivity index (χ2v) is 7.78. The fraction of sp³-hybridized carbons (Fsp3) is 0.364. The lowest BCUT2D eigenvalue weighted by molar-refractivity contribution is -0.116. The molecule has 0 saturated carbocycles. The van der Waals surface area contributed by atoms with Crippen LogP contribution in [0.25, 0.3) is 0 Å². The van der Waals surface area contributed by atoms with Crippen LogP contribution >= 0.6 is 0 Å². The minimum Gasteiger partial charge on any atom is -0.495 e. The number of rotatable bonds is 6. The highest BCUT2D eigenvalue weighted by molar-refractivity contribution is 5.97. The zero-order valence-electron chi connectivity index (χ0n) is 17.3. The Hall–Kier alpha value is -3.02. The van der Waals surface area contributed by atoms with Gasteiger partial charge in [0.25, 0.3) is 0 Å². The number of hydrogen-bond donors (Lipinski definition) is 3. The number of amides is 2. The molecular formula is C22H29N3O3. The maximum Gasteiger partial charge on any atom is 0.246 e. The van der Waals surface area contributed by atoms with Crippen molar-refractivity contribution in [2.24, 2.45) is 0 Å². The van der Waals surface area contributed by atoms with E-state index in [9.17, 15) is 9.59 Å². The Balaban J connectivity index is 2.08. The van der Waals surface area contributed by atoms with Crippen LogP contribution in [0.4, 0.5) is 17.1 Å². The summed E-state index contributed by atoms with van der Waals surface area (Å²) in [5, 5.41) is 8.80. The molecule has 0 spiro atoms. The van der Waals surface area contributed by atoms with E-state index in [1.165, 1.54) is 6.92 Å². The van der Waals surface area contributed by atoms with Gasteiger partial charge in [-0.1, -0.05) is 26.8 Å². The molecular weight excluding hydrogens is 354 g/mol. The summed E-state index contributed by atoms with van der Waals surface area (Å²) in [7, 11) is 1.61. The van der Waals surface area contributed by atoms with Crippen molar-refractivity contribution >= 4 is 28.9 Å². The topological polar surface area (TPSA) is 79.5 Å². The van der Waals surface area contributed by atoms with Crippen molar-refractivity contribution in [2.45, 2.75) is 46.1 Å². The van der Waals surface area contributed by atoms with Gasteiger partial charge >= 0.3 is 0 Å². The predicted molar refractivity (Wildman–Crippen MR) is 114 cm³/mol. The molecule has 0 fully saturated rings. The highest BCUT2D eigenvalue weighted by Crippen LogP contribution is 2.31. The van der Waals surface area contributed by atoms with Crippen LogP contribution in [0.2, 0.25) is 0 Å². The van der Waals surface area contributed by atoms with Gasteiger partial charge in [-0.25, -0.2) is 0 Å². The van der Waals surface area contributed by atoms with Gasteiger partial charge in [0.1, 0.15) is 11.8 Å². The summed E-state index contributed by atoms with van der Waals surface area (Å²) in [6, 6.07) is 12.5. The summed E-state index contributed by atoms with van der Waals surface area (Å²) in [5.74, 6) is 0.379. The summed E-state index contributed by atoms with van der Waals surface area (Å²) >= 11 is 0. The molecule has 0 aromatic heterocycles. The highest BCUT2D eigenvalue weighted by Gasteiger charge is 2.19. The molecule has 2 rings (SSSR count). The lowest BCUT2D eigenvalue weighted by atomic mass is 9.86. The van der Waals surface area contributed by atoms with E-state index < -0.39 is 6.04 Å². The SMILES string of the molecule is COc1ccc(C(C)(C)C)cc1N[C@@H](C)C(=O)Nc1ccc(NC(C)=O)cc1. The summed E-state index contributed by atoms with van der Waals surface area (Å²) in [6.45, 7) is 9.66. The van der Waals surface area contributed by atoms with Crippen LogP contribution in [0.3, 0.4) is 0 Å². The van der Waals surface area contributed by atoms with Crippen molar-refractivity contribution in [1.29, 1.82) is 0 Å². The lowest BCUT2D eigenvalue weighted by Crippen LogP contribution is -2.32. The maximum atomic E-state index is 12.6. The Morgan fingerprint density at radius 3 is 2.04 bits per heavy atom. The smallest absolute Gasteiger partial charge is 0.246 e. The second kappa shape index (κ2) is 8.78. The Bertz CT molecular complexity index is 839. The van der Waals surface area contributed by atoms with Crippen molar-refractivity contribution in [3.05, 3.63) is 48.0 Å². The molecule has 0 aliphatic rings. The van der Waals surface area contributed by atoms with Crippen molar-refractivity contribution < 1.29 is 14.3 Å². The summed E-state index contributed by atoms with van der Waals surface area (Å²) < 4.78 is 5.43. The quantitative estimate of drug-likeness (QED) is 0.691.